The Bertz CT molecular complexity index is 1430. The van der Waals surface area contributed by atoms with Crippen molar-refractivity contribution in [2.45, 2.75) is 166 Å². The molecule has 0 bridgehead atoms. The van der Waals surface area contributed by atoms with Crippen LogP contribution < -0.4 is 11.5 Å². The summed E-state index contributed by atoms with van der Waals surface area (Å²) in [5.41, 5.74) is 11.5. The zero-order valence-corrected chi connectivity index (χ0v) is 39.9. The minimum atomic E-state index is -4.52. The molecule has 0 aromatic heterocycles. The number of esters is 2. The lowest BCUT2D eigenvalue weighted by atomic mass is 10.1. The first-order valence-electron chi connectivity index (χ1n) is 23.0. The van der Waals surface area contributed by atoms with Crippen molar-refractivity contribution < 1.29 is 52.6 Å². The Morgan fingerprint density at radius 2 is 1.27 bits per heavy atom. The fourth-order valence-electron chi connectivity index (χ4n) is 5.67. The number of aliphatic hydroxyl groups excluding tert-OH is 1. The van der Waals surface area contributed by atoms with Crippen molar-refractivity contribution in [3.8, 4) is 0 Å². The number of phosphoric acid groups is 1. The second kappa shape index (κ2) is 42.9. The van der Waals surface area contributed by atoms with Gasteiger partial charge in [0.25, 0.3) is 0 Å². The summed E-state index contributed by atoms with van der Waals surface area (Å²) in [6.45, 7) is 3.05. The summed E-state index contributed by atoms with van der Waals surface area (Å²) in [6.07, 6.45) is 43.6. The quantitative estimate of drug-likeness (QED) is 0.0127. The molecule has 0 heterocycles. The maximum atomic E-state index is 13.0. The highest BCUT2D eigenvalue weighted by molar-refractivity contribution is 8.00. The molecule has 15 heteroatoms. The summed E-state index contributed by atoms with van der Waals surface area (Å²) in [5, 5.41) is 19.4. The second-order valence-corrected chi connectivity index (χ2v) is 17.8. The highest BCUT2D eigenvalue weighted by Crippen LogP contribution is 2.43. The van der Waals surface area contributed by atoms with Gasteiger partial charge in [-0.2, -0.15) is 0 Å². The van der Waals surface area contributed by atoms with Gasteiger partial charge in [0.15, 0.2) is 6.10 Å². The van der Waals surface area contributed by atoms with Gasteiger partial charge < -0.3 is 36.0 Å². The standard InChI is InChI=1S/C48H81N2O11PS/c1-3-5-7-9-11-13-15-17-18-19-20-21-23-25-27-29-31-36-47(54)61-42(40-60-62(56,57)59-38-37-49)39-58-48(55)43(50)41-63-45(44(51)33-32-35-46(52)53)34-30-28-26-24-22-16-14-12-10-8-6-4-2/h11-14,17-18,20-22,24,26,28,30,34,42-45,51H,3-10,15-16,19,23,25,27,29,31-33,35-41,49-50H2,1-2H3,(H,52,53)(H,56,57)/b13-11-,14-12-,18-17-,21-20-,24-22-,28-26+,34-30+/t42-,43+,44+,45-/m1/s1. The van der Waals surface area contributed by atoms with Crippen molar-refractivity contribution in [3.05, 3.63) is 85.1 Å². The van der Waals surface area contributed by atoms with E-state index >= 15 is 0 Å². The number of carboxylic acid groups (broad SMARTS) is 1. The summed E-state index contributed by atoms with van der Waals surface area (Å²) < 4.78 is 32.9. The number of unbranched alkanes of at least 4 members (excludes halogenated alkanes) is 10. The van der Waals surface area contributed by atoms with Crippen molar-refractivity contribution in [3.63, 3.8) is 0 Å². The molecule has 0 amide bonds. The Hall–Kier alpha value is -3.07. The predicted octanol–water partition coefficient (Wildman–Crippen LogP) is 10.1. The lowest BCUT2D eigenvalue weighted by molar-refractivity contribution is -0.161. The van der Waals surface area contributed by atoms with Gasteiger partial charge in [-0.3, -0.25) is 23.4 Å². The zero-order chi connectivity index (χ0) is 46.7. The Morgan fingerprint density at radius 3 is 1.87 bits per heavy atom. The Balaban J connectivity index is 5.07. The van der Waals surface area contributed by atoms with Crippen LogP contribution in [0, 0.1) is 0 Å². The molecular formula is C48H81N2O11PS. The summed E-state index contributed by atoms with van der Waals surface area (Å²) in [6, 6.07) is -1.14. The van der Waals surface area contributed by atoms with E-state index in [0.717, 1.165) is 57.8 Å². The number of thioether (sulfide) groups is 1. The van der Waals surface area contributed by atoms with Gasteiger partial charge in [0.1, 0.15) is 12.6 Å². The average Bonchev–Trinajstić information content (AvgIpc) is 3.25. The third kappa shape index (κ3) is 40.2. The number of hydrogen-bond donors (Lipinski definition) is 5. The van der Waals surface area contributed by atoms with E-state index in [4.69, 9.17) is 35.1 Å². The molecule has 0 spiro atoms. The van der Waals surface area contributed by atoms with Crippen LogP contribution in [0.3, 0.4) is 0 Å². The summed E-state index contributed by atoms with van der Waals surface area (Å²) in [5.74, 6) is -2.31. The fraction of sp³-hybridized carbons (Fsp3) is 0.646. The third-order valence-electron chi connectivity index (χ3n) is 9.25. The average molecular weight is 925 g/mol. The van der Waals surface area contributed by atoms with E-state index < -0.39 is 62.4 Å². The third-order valence-corrected chi connectivity index (χ3v) is 11.6. The van der Waals surface area contributed by atoms with Crippen LogP contribution in [0.1, 0.15) is 142 Å². The molecule has 13 nitrogen and oxygen atoms in total. The molecule has 0 fully saturated rings. The van der Waals surface area contributed by atoms with Crippen LogP contribution in [-0.4, -0.2) is 88.6 Å². The number of aliphatic hydroxyl groups is 1. The maximum Gasteiger partial charge on any atom is 0.472 e. The maximum absolute atomic E-state index is 13.0. The minimum absolute atomic E-state index is 0.0216. The molecule has 0 aromatic rings. The van der Waals surface area contributed by atoms with Crippen LogP contribution in [0.25, 0.3) is 0 Å². The molecule has 0 saturated carbocycles. The normalized spacial score (nSPS) is 15.4. The van der Waals surface area contributed by atoms with Gasteiger partial charge in [-0.1, -0.05) is 137 Å². The number of ether oxygens (including phenoxy) is 2. The number of allylic oxidation sites excluding steroid dienone is 13. The number of nitrogens with two attached hydrogens (primary N) is 2. The largest absolute Gasteiger partial charge is 0.481 e. The molecule has 0 aliphatic carbocycles. The van der Waals surface area contributed by atoms with E-state index in [9.17, 15) is 28.9 Å². The van der Waals surface area contributed by atoms with Gasteiger partial charge >= 0.3 is 25.7 Å². The molecule has 0 radical (unpaired) electrons. The van der Waals surface area contributed by atoms with Gasteiger partial charge in [-0.15, -0.1) is 11.8 Å². The smallest absolute Gasteiger partial charge is 0.472 e. The van der Waals surface area contributed by atoms with Gasteiger partial charge in [-0.25, -0.2) is 4.57 Å². The van der Waals surface area contributed by atoms with Crippen molar-refractivity contribution >= 4 is 37.5 Å². The van der Waals surface area contributed by atoms with Crippen LogP contribution in [-0.2, 0) is 37.5 Å². The van der Waals surface area contributed by atoms with Crippen LogP contribution in [0.2, 0.25) is 0 Å². The van der Waals surface area contributed by atoms with Gasteiger partial charge in [0.05, 0.1) is 19.3 Å². The first kappa shape index (κ1) is 59.9. The zero-order valence-electron chi connectivity index (χ0n) is 38.2. The molecule has 0 aliphatic rings. The summed E-state index contributed by atoms with van der Waals surface area (Å²) in [7, 11) is -4.52. The van der Waals surface area contributed by atoms with Crippen molar-refractivity contribution in [1.29, 1.82) is 0 Å². The highest BCUT2D eigenvalue weighted by atomic mass is 32.2. The molecule has 63 heavy (non-hydrogen) atoms. The molecule has 0 saturated heterocycles. The van der Waals surface area contributed by atoms with E-state index in [-0.39, 0.29) is 44.6 Å². The summed E-state index contributed by atoms with van der Waals surface area (Å²) in [4.78, 5) is 46.7. The summed E-state index contributed by atoms with van der Waals surface area (Å²) >= 11 is 1.21. The van der Waals surface area contributed by atoms with Crippen molar-refractivity contribution in [1.82, 2.24) is 0 Å². The van der Waals surface area contributed by atoms with Gasteiger partial charge in [-0.05, 0) is 77.0 Å². The number of carbonyl (C=O) groups is 3. The van der Waals surface area contributed by atoms with Gasteiger partial charge in [0.2, 0.25) is 0 Å². The Kier molecular flexibility index (Phi) is 40.8. The van der Waals surface area contributed by atoms with Crippen LogP contribution in [0.4, 0.5) is 0 Å². The minimum Gasteiger partial charge on any atom is -0.481 e. The number of hydrogen-bond acceptors (Lipinski definition) is 12. The lowest BCUT2D eigenvalue weighted by Gasteiger charge is -2.22. The van der Waals surface area contributed by atoms with Gasteiger partial charge in [0, 0.05) is 30.4 Å². The fourth-order valence-corrected chi connectivity index (χ4v) is 7.56. The molecule has 0 aromatic carbocycles. The van der Waals surface area contributed by atoms with E-state index in [1.54, 1.807) is 12.2 Å². The first-order chi connectivity index (χ1) is 30.4. The van der Waals surface area contributed by atoms with E-state index in [2.05, 4.69) is 62.5 Å². The topological polar surface area (TPSA) is 218 Å². The highest BCUT2D eigenvalue weighted by Gasteiger charge is 2.27. The van der Waals surface area contributed by atoms with Crippen LogP contribution in [0.5, 0.6) is 0 Å². The van der Waals surface area contributed by atoms with E-state index in [1.807, 2.05) is 24.3 Å². The van der Waals surface area contributed by atoms with Crippen LogP contribution >= 0.6 is 19.6 Å². The van der Waals surface area contributed by atoms with E-state index in [0.29, 0.717) is 6.42 Å². The molecular weight excluding hydrogens is 844 g/mol. The number of carbonyl (C=O) groups excluding carboxylic acids is 2. The number of aliphatic carboxylic acids is 1. The monoisotopic (exact) mass is 925 g/mol. The van der Waals surface area contributed by atoms with Crippen LogP contribution in [0.15, 0.2) is 85.1 Å². The SMILES string of the molecule is CCCCC/C=C\C\C=C/C=C/C=C/[C@@H](SC[C@H](N)C(=O)OC[C@H](COP(=O)(O)OCCN)OC(=O)CCCCCC/C=C\C/C=C\C/C=C\CCCCC)[C@@H](O)CCCC(=O)O. The number of carboxylic acids is 1. The molecule has 7 N–H and O–H groups in total. The second-order valence-electron chi connectivity index (χ2n) is 15.1. The Labute approximate surface area is 383 Å². The van der Waals surface area contributed by atoms with Crippen molar-refractivity contribution in [2.24, 2.45) is 11.5 Å². The molecule has 0 aliphatic heterocycles. The van der Waals surface area contributed by atoms with Crippen molar-refractivity contribution in [2.75, 3.05) is 32.1 Å². The molecule has 1 unspecified atom stereocenters. The molecule has 360 valence electrons. The lowest BCUT2D eigenvalue weighted by Crippen LogP contribution is -2.38. The molecule has 5 atom stereocenters. The number of phosphoric ester groups is 1. The van der Waals surface area contributed by atoms with E-state index in [1.165, 1.54) is 50.3 Å². The number of rotatable bonds is 42. The first-order valence-corrected chi connectivity index (χ1v) is 25.5. The molecule has 0 rings (SSSR count). The Morgan fingerprint density at radius 1 is 0.698 bits per heavy atom. The predicted molar refractivity (Wildman–Crippen MR) is 257 cm³/mol.